The van der Waals surface area contributed by atoms with Crippen LogP contribution in [0.2, 0.25) is 0 Å². The van der Waals surface area contributed by atoms with E-state index < -0.39 is 0 Å². The van der Waals surface area contributed by atoms with Gasteiger partial charge in [0, 0.05) is 6.04 Å². The van der Waals surface area contributed by atoms with Crippen molar-refractivity contribution in [1.82, 2.24) is 4.90 Å². The van der Waals surface area contributed by atoms with Crippen molar-refractivity contribution in [2.45, 2.75) is 32.7 Å². The van der Waals surface area contributed by atoms with Gasteiger partial charge in [0.2, 0.25) is 0 Å². The smallest absolute Gasteiger partial charge is 0.0246 e. The molecule has 0 spiro atoms. The summed E-state index contributed by atoms with van der Waals surface area (Å²) in [4.78, 5) is 2.18. The summed E-state index contributed by atoms with van der Waals surface area (Å²) in [5.41, 5.74) is 0. The van der Waals surface area contributed by atoms with E-state index in [-0.39, 0.29) is 0 Å². The first-order valence-electron chi connectivity index (χ1n) is 4.68. The van der Waals surface area contributed by atoms with E-state index in [1.807, 2.05) is 0 Å². The monoisotopic (exact) mass is 167 g/mol. The van der Waals surface area contributed by atoms with E-state index in [2.05, 4.69) is 57.1 Å². The Morgan fingerprint density at radius 2 is 1.92 bits per heavy atom. The van der Waals surface area contributed by atoms with Crippen molar-refractivity contribution in [3.8, 4) is 0 Å². The SMILES string of the molecule is CCC/C=C\C=CC(C)N(C)C. The van der Waals surface area contributed by atoms with Crippen LogP contribution in [0, 0.1) is 0 Å². The second-order valence-electron chi connectivity index (χ2n) is 3.31. The minimum absolute atomic E-state index is 0.524. The van der Waals surface area contributed by atoms with E-state index in [0.717, 1.165) is 0 Å². The zero-order valence-corrected chi connectivity index (χ0v) is 8.75. The molecule has 0 aliphatic heterocycles. The van der Waals surface area contributed by atoms with Crippen molar-refractivity contribution < 1.29 is 0 Å². The van der Waals surface area contributed by atoms with E-state index >= 15 is 0 Å². The van der Waals surface area contributed by atoms with E-state index in [4.69, 9.17) is 0 Å². The molecule has 0 aliphatic rings. The van der Waals surface area contributed by atoms with Gasteiger partial charge in [0.25, 0.3) is 0 Å². The van der Waals surface area contributed by atoms with Crippen molar-refractivity contribution in [2.24, 2.45) is 0 Å². The third-order valence-corrected chi connectivity index (χ3v) is 1.91. The number of hydrogen-bond donors (Lipinski definition) is 0. The van der Waals surface area contributed by atoms with Crippen LogP contribution in [-0.2, 0) is 0 Å². The Morgan fingerprint density at radius 3 is 2.42 bits per heavy atom. The molecule has 0 amide bonds. The number of hydrogen-bond acceptors (Lipinski definition) is 1. The van der Waals surface area contributed by atoms with Gasteiger partial charge >= 0.3 is 0 Å². The highest BCUT2D eigenvalue weighted by molar-refractivity contribution is 5.05. The summed E-state index contributed by atoms with van der Waals surface area (Å²) < 4.78 is 0. The van der Waals surface area contributed by atoms with Gasteiger partial charge in [-0.25, -0.2) is 0 Å². The fourth-order valence-electron chi connectivity index (χ4n) is 0.739. The molecule has 0 N–H and O–H groups in total. The number of allylic oxidation sites excluding steroid dienone is 3. The number of rotatable bonds is 5. The number of unbranched alkanes of at least 4 members (excludes halogenated alkanes) is 1. The van der Waals surface area contributed by atoms with Gasteiger partial charge in [-0.3, -0.25) is 0 Å². The van der Waals surface area contributed by atoms with Crippen molar-refractivity contribution in [1.29, 1.82) is 0 Å². The minimum Gasteiger partial charge on any atom is -0.303 e. The van der Waals surface area contributed by atoms with Crippen LogP contribution in [0.25, 0.3) is 0 Å². The highest BCUT2D eigenvalue weighted by Gasteiger charge is 1.95. The Balaban J connectivity index is 3.60. The molecule has 1 heteroatoms. The van der Waals surface area contributed by atoms with Gasteiger partial charge < -0.3 is 4.90 Å². The molecule has 1 unspecified atom stereocenters. The van der Waals surface area contributed by atoms with Gasteiger partial charge in [-0.2, -0.15) is 0 Å². The maximum Gasteiger partial charge on any atom is 0.0246 e. The fourth-order valence-corrected chi connectivity index (χ4v) is 0.739. The first kappa shape index (κ1) is 11.4. The Hall–Kier alpha value is -0.560. The summed E-state index contributed by atoms with van der Waals surface area (Å²) in [5, 5.41) is 0. The summed E-state index contributed by atoms with van der Waals surface area (Å²) >= 11 is 0. The standard InChI is InChI=1S/C11H21N/c1-5-6-7-8-9-10-11(2)12(3)4/h7-11H,5-6H2,1-4H3/b8-7-,10-9?. The summed E-state index contributed by atoms with van der Waals surface area (Å²) in [6.07, 6.45) is 11.1. The lowest BCUT2D eigenvalue weighted by molar-refractivity contribution is 0.364. The quantitative estimate of drug-likeness (QED) is 0.569. The van der Waals surface area contributed by atoms with Gasteiger partial charge in [0.05, 0.1) is 0 Å². The average molecular weight is 167 g/mol. The van der Waals surface area contributed by atoms with Gasteiger partial charge in [0.1, 0.15) is 0 Å². The largest absolute Gasteiger partial charge is 0.303 e. The molecule has 1 nitrogen and oxygen atoms in total. The van der Waals surface area contributed by atoms with E-state index in [0.29, 0.717) is 6.04 Å². The predicted molar refractivity (Wildman–Crippen MR) is 56.3 cm³/mol. The molecule has 0 saturated heterocycles. The van der Waals surface area contributed by atoms with Crippen molar-refractivity contribution in [2.75, 3.05) is 14.1 Å². The molecule has 0 aromatic carbocycles. The van der Waals surface area contributed by atoms with Crippen molar-refractivity contribution in [3.05, 3.63) is 24.3 Å². The van der Waals surface area contributed by atoms with Gasteiger partial charge in [-0.1, -0.05) is 37.6 Å². The van der Waals surface area contributed by atoms with Crippen LogP contribution in [0.15, 0.2) is 24.3 Å². The van der Waals surface area contributed by atoms with Crippen LogP contribution in [-0.4, -0.2) is 25.0 Å². The molecule has 0 aromatic rings. The van der Waals surface area contributed by atoms with E-state index in [1.54, 1.807) is 0 Å². The second kappa shape index (κ2) is 7.11. The maximum atomic E-state index is 2.21. The molecule has 0 radical (unpaired) electrons. The highest BCUT2D eigenvalue weighted by atomic mass is 15.1. The maximum absolute atomic E-state index is 2.21. The van der Waals surface area contributed by atoms with Crippen LogP contribution >= 0.6 is 0 Å². The van der Waals surface area contributed by atoms with Crippen LogP contribution in [0.4, 0.5) is 0 Å². The first-order chi connectivity index (χ1) is 5.68. The lowest BCUT2D eigenvalue weighted by atomic mass is 10.2. The van der Waals surface area contributed by atoms with Crippen molar-refractivity contribution in [3.63, 3.8) is 0 Å². The summed E-state index contributed by atoms with van der Waals surface area (Å²) in [6, 6.07) is 0.524. The van der Waals surface area contributed by atoms with Crippen molar-refractivity contribution >= 4 is 0 Å². The van der Waals surface area contributed by atoms with Crippen LogP contribution in [0.5, 0.6) is 0 Å². The van der Waals surface area contributed by atoms with Gasteiger partial charge in [-0.05, 0) is 27.4 Å². The minimum atomic E-state index is 0.524. The third kappa shape index (κ3) is 6.17. The van der Waals surface area contributed by atoms with Crippen LogP contribution in [0.3, 0.4) is 0 Å². The molecular weight excluding hydrogens is 146 g/mol. The summed E-state index contributed by atoms with van der Waals surface area (Å²) in [7, 11) is 4.18. The lowest BCUT2D eigenvalue weighted by Crippen LogP contribution is -2.21. The van der Waals surface area contributed by atoms with Crippen LogP contribution in [0.1, 0.15) is 26.7 Å². The summed E-state index contributed by atoms with van der Waals surface area (Å²) in [6.45, 7) is 4.38. The van der Waals surface area contributed by atoms with Gasteiger partial charge in [-0.15, -0.1) is 0 Å². The molecule has 0 fully saturated rings. The fraction of sp³-hybridized carbons (Fsp3) is 0.636. The normalized spacial score (nSPS) is 15.1. The Morgan fingerprint density at radius 1 is 1.25 bits per heavy atom. The number of nitrogens with zero attached hydrogens (tertiary/aromatic N) is 1. The zero-order valence-electron chi connectivity index (χ0n) is 8.75. The molecule has 0 rings (SSSR count). The topological polar surface area (TPSA) is 3.24 Å². The lowest BCUT2D eigenvalue weighted by Gasteiger charge is -2.14. The predicted octanol–water partition coefficient (Wildman–Crippen LogP) is 2.85. The second-order valence-corrected chi connectivity index (χ2v) is 3.31. The average Bonchev–Trinajstić information content (AvgIpc) is 2.03. The molecule has 70 valence electrons. The van der Waals surface area contributed by atoms with E-state index in [9.17, 15) is 0 Å². The molecule has 0 bridgehead atoms. The van der Waals surface area contributed by atoms with Gasteiger partial charge in [0.15, 0.2) is 0 Å². The molecule has 1 atom stereocenters. The Kier molecular flexibility index (Phi) is 6.78. The third-order valence-electron chi connectivity index (χ3n) is 1.91. The number of likely N-dealkylation sites (N-methyl/N-ethyl adjacent to an activating group) is 1. The Bertz CT molecular complexity index is 145. The molecule has 0 aromatic heterocycles. The molecule has 0 aliphatic carbocycles. The molecule has 0 saturated carbocycles. The van der Waals surface area contributed by atoms with E-state index in [1.165, 1.54) is 12.8 Å². The summed E-state index contributed by atoms with van der Waals surface area (Å²) in [5.74, 6) is 0. The Labute approximate surface area is 76.8 Å². The first-order valence-corrected chi connectivity index (χ1v) is 4.68. The molecule has 12 heavy (non-hydrogen) atoms. The molecular formula is C11H21N. The highest BCUT2D eigenvalue weighted by Crippen LogP contribution is 1.94. The van der Waals surface area contributed by atoms with Crippen LogP contribution < -0.4 is 0 Å². The molecule has 0 heterocycles. The zero-order chi connectivity index (χ0) is 9.40.